The number of halogens is 2. The first-order chi connectivity index (χ1) is 3.68. The molecule has 0 saturated carbocycles. The molecule has 0 aromatic carbocycles. The minimum atomic E-state index is -3.21. The van der Waals surface area contributed by atoms with Crippen molar-refractivity contribution in [3.05, 3.63) is 0 Å². The Morgan fingerprint density at radius 1 is 1.50 bits per heavy atom. The summed E-state index contributed by atoms with van der Waals surface area (Å²) in [5, 5.41) is 0. The average molecular weight is 197 g/mol. The third kappa shape index (κ3) is 2.58. The standard InChI is InChI=1S/CH3Cl2O3PS/c1-8-7(4,5-2)6-3/h1H3. The summed E-state index contributed by atoms with van der Waals surface area (Å²) in [6, 6.07) is 0. The van der Waals surface area contributed by atoms with E-state index in [0.29, 0.717) is 0 Å². The second kappa shape index (κ2) is 3.99. The molecule has 0 N–H and O–H groups in total. The Hall–Kier alpha value is 1.08. The molecule has 7 heteroatoms. The van der Waals surface area contributed by atoms with Gasteiger partial charge in [0.05, 0.1) is 23.7 Å². The normalized spacial score (nSPS) is 11.9. The van der Waals surface area contributed by atoms with Crippen LogP contribution in [0.15, 0.2) is 0 Å². The van der Waals surface area contributed by atoms with Gasteiger partial charge in [-0.15, -0.1) is 0 Å². The molecule has 0 aromatic heterocycles. The van der Waals surface area contributed by atoms with Crippen LogP contribution in [0.25, 0.3) is 0 Å². The Bertz CT molecular complexity index is 88.4. The SMILES string of the molecule is CSP(=O)(OCl)OCl. The Morgan fingerprint density at radius 3 is 1.88 bits per heavy atom. The first kappa shape index (κ1) is 9.08. The molecule has 0 rings (SSSR count). The Kier molecular flexibility index (Phi) is 4.52. The second-order valence-electron chi connectivity index (χ2n) is 0.768. The van der Waals surface area contributed by atoms with Gasteiger partial charge in [-0.1, -0.05) is 0 Å². The number of hydrogen-bond donors (Lipinski definition) is 0. The fraction of sp³-hybridized carbons (Fsp3) is 1.00. The molecule has 0 aromatic rings. The summed E-state index contributed by atoms with van der Waals surface area (Å²) in [5.41, 5.74) is 0. The van der Waals surface area contributed by atoms with Gasteiger partial charge in [0.1, 0.15) is 0 Å². The van der Waals surface area contributed by atoms with E-state index in [1.54, 1.807) is 0 Å². The van der Waals surface area contributed by atoms with Gasteiger partial charge in [0.2, 0.25) is 0 Å². The van der Waals surface area contributed by atoms with Crippen LogP contribution < -0.4 is 0 Å². The summed E-state index contributed by atoms with van der Waals surface area (Å²) in [6.07, 6.45) is 1.51. The second-order valence-corrected chi connectivity index (χ2v) is 5.57. The van der Waals surface area contributed by atoms with Gasteiger partial charge in [-0.2, -0.15) is 8.15 Å². The molecule has 0 unspecified atom stereocenters. The van der Waals surface area contributed by atoms with Crippen molar-refractivity contribution in [2.75, 3.05) is 6.26 Å². The third-order valence-electron chi connectivity index (χ3n) is 0.393. The summed E-state index contributed by atoms with van der Waals surface area (Å²) in [4.78, 5) is 0. The molecule has 0 heterocycles. The van der Waals surface area contributed by atoms with E-state index in [2.05, 4.69) is 8.15 Å². The maximum absolute atomic E-state index is 10.6. The van der Waals surface area contributed by atoms with Crippen molar-refractivity contribution in [1.82, 2.24) is 0 Å². The van der Waals surface area contributed by atoms with E-state index in [4.69, 9.17) is 23.7 Å². The lowest BCUT2D eigenvalue weighted by atomic mass is 12.0. The zero-order valence-corrected chi connectivity index (χ0v) is 7.06. The summed E-state index contributed by atoms with van der Waals surface area (Å²) < 4.78 is 18.3. The van der Waals surface area contributed by atoms with E-state index in [1.165, 1.54) is 6.26 Å². The van der Waals surface area contributed by atoms with E-state index >= 15 is 0 Å². The maximum atomic E-state index is 10.6. The highest BCUT2D eigenvalue weighted by molar-refractivity contribution is 8.55. The molecule has 0 saturated heterocycles. The van der Waals surface area contributed by atoms with Gasteiger partial charge >= 0.3 is 6.80 Å². The van der Waals surface area contributed by atoms with Crippen molar-refractivity contribution >= 4 is 41.9 Å². The molecule has 0 aliphatic heterocycles. The Morgan fingerprint density at radius 2 is 1.88 bits per heavy atom. The van der Waals surface area contributed by atoms with Gasteiger partial charge in [0.15, 0.2) is 0 Å². The van der Waals surface area contributed by atoms with Gasteiger partial charge in [0, 0.05) is 0 Å². The third-order valence-corrected chi connectivity index (χ3v) is 4.55. The topological polar surface area (TPSA) is 35.5 Å². The lowest BCUT2D eigenvalue weighted by Crippen LogP contribution is -1.70. The van der Waals surface area contributed by atoms with Crippen molar-refractivity contribution in [2.24, 2.45) is 0 Å². The average Bonchev–Trinajstić information content (AvgIpc) is 1.87. The molecule has 0 atom stereocenters. The molecule has 0 aliphatic carbocycles. The van der Waals surface area contributed by atoms with Crippen molar-refractivity contribution in [1.29, 1.82) is 0 Å². The smallest absolute Gasteiger partial charge is 0.244 e. The quantitative estimate of drug-likeness (QED) is 0.651. The van der Waals surface area contributed by atoms with Crippen LogP contribution in [0.1, 0.15) is 0 Å². The van der Waals surface area contributed by atoms with Crippen LogP contribution in [-0.4, -0.2) is 6.26 Å². The summed E-state index contributed by atoms with van der Waals surface area (Å²) >= 11 is 10.3. The van der Waals surface area contributed by atoms with Crippen molar-refractivity contribution in [3.63, 3.8) is 0 Å². The molecular weight excluding hydrogens is 194 g/mol. The highest BCUT2D eigenvalue weighted by Crippen LogP contribution is 2.61. The van der Waals surface area contributed by atoms with Gasteiger partial charge in [-0.3, -0.25) is 0 Å². The first-order valence-electron chi connectivity index (χ1n) is 1.45. The van der Waals surface area contributed by atoms with Gasteiger partial charge in [-0.05, 0) is 17.6 Å². The van der Waals surface area contributed by atoms with Crippen LogP contribution in [0.4, 0.5) is 0 Å². The van der Waals surface area contributed by atoms with Gasteiger partial charge in [0.25, 0.3) is 0 Å². The molecule has 0 fully saturated rings. The molecule has 8 heavy (non-hydrogen) atoms. The van der Waals surface area contributed by atoms with Crippen LogP contribution in [0, 0.1) is 0 Å². The van der Waals surface area contributed by atoms with E-state index in [0.717, 1.165) is 11.4 Å². The molecule has 0 radical (unpaired) electrons. The molecule has 0 amide bonds. The molecular formula is CH3Cl2O3PS. The molecule has 0 bridgehead atoms. The fourth-order valence-electron chi connectivity index (χ4n) is 0.0670. The minimum Gasteiger partial charge on any atom is -0.244 e. The van der Waals surface area contributed by atoms with Crippen molar-refractivity contribution < 1.29 is 12.7 Å². The largest absolute Gasteiger partial charge is 0.421 e. The van der Waals surface area contributed by atoms with Gasteiger partial charge < -0.3 is 0 Å². The summed E-state index contributed by atoms with van der Waals surface area (Å²) in [6.45, 7) is -3.21. The zero-order chi connectivity index (χ0) is 6.62. The van der Waals surface area contributed by atoms with Crippen molar-refractivity contribution in [2.45, 2.75) is 0 Å². The highest BCUT2D eigenvalue weighted by atomic mass is 35.5. The minimum absolute atomic E-state index is 0.819. The van der Waals surface area contributed by atoms with Crippen LogP contribution >= 0.6 is 41.9 Å². The molecule has 0 spiro atoms. The molecule has 3 nitrogen and oxygen atoms in total. The highest BCUT2D eigenvalue weighted by Gasteiger charge is 2.22. The number of hydrogen-bond acceptors (Lipinski definition) is 4. The monoisotopic (exact) mass is 196 g/mol. The lowest BCUT2D eigenvalue weighted by Gasteiger charge is -2.02. The van der Waals surface area contributed by atoms with Gasteiger partial charge in [-0.25, -0.2) is 4.57 Å². The van der Waals surface area contributed by atoms with E-state index < -0.39 is 6.80 Å². The van der Waals surface area contributed by atoms with Crippen LogP contribution in [0.3, 0.4) is 0 Å². The van der Waals surface area contributed by atoms with E-state index in [9.17, 15) is 4.57 Å². The molecule has 50 valence electrons. The predicted octanol–water partition coefficient (Wildman–Crippen LogP) is 2.80. The maximum Gasteiger partial charge on any atom is 0.421 e. The van der Waals surface area contributed by atoms with Crippen LogP contribution in [-0.2, 0) is 12.7 Å². The fourth-order valence-corrected chi connectivity index (χ4v) is 1.81. The Balaban J connectivity index is 3.79. The predicted molar refractivity (Wildman–Crippen MR) is 35.0 cm³/mol. The van der Waals surface area contributed by atoms with E-state index in [1.807, 2.05) is 0 Å². The lowest BCUT2D eigenvalue weighted by molar-refractivity contribution is 0.439. The zero-order valence-electron chi connectivity index (χ0n) is 3.84. The first-order valence-corrected chi connectivity index (χ1v) is 5.44. The van der Waals surface area contributed by atoms with E-state index in [-0.39, 0.29) is 0 Å². The number of rotatable bonds is 3. The van der Waals surface area contributed by atoms with Crippen molar-refractivity contribution in [3.8, 4) is 0 Å². The summed E-state index contributed by atoms with van der Waals surface area (Å²) in [5.74, 6) is 0. The summed E-state index contributed by atoms with van der Waals surface area (Å²) in [7, 11) is 0. The Labute approximate surface area is 61.3 Å². The molecule has 0 aliphatic rings. The van der Waals surface area contributed by atoms with Crippen LogP contribution in [0.2, 0.25) is 0 Å². The van der Waals surface area contributed by atoms with Crippen LogP contribution in [0.5, 0.6) is 0 Å².